The van der Waals surface area contributed by atoms with Gasteiger partial charge in [0.25, 0.3) is 0 Å². The van der Waals surface area contributed by atoms with Crippen LogP contribution in [-0.2, 0) is 0 Å². The topological polar surface area (TPSA) is 9.23 Å². The third-order valence-electron chi connectivity index (χ3n) is 3.56. The van der Waals surface area contributed by atoms with Crippen LogP contribution in [0.25, 0.3) is 21.6 Å². The first-order valence-electron chi connectivity index (χ1n) is 7.62. The van der Waals surface area contributed by atoms with Gasteiger partial charge in [0.2, 0.25) is 0 Å². The summed E-state index contributed by atoms with van der Waals surface area (Å²) in [6, 6.07) is 16.9. The van der Waals surface area contributed by atoms with Crippen LogP contribution < -0.4 is 4.74 Å². The van der Waals surface area contributed by atoms with E-state index in [9.17, 15) is 0 Å². The van der Waals surface area contributed by atoms with Gasteiger partial charge < -0.3 is 4.74 Å². The molecule has 23 heavy (non-hydrogen) atoms. The molecule has 118 valence electrons. The van der Waals surface area contributed by atoms with E-state index in [-0.39, 0.29) is 0 Å². The Kier molecular flexibility index (Phi) is 5.26. The second-order valence-corrected chi connectivity index (χ2v) is 8.21. The molecule has 2 aromatic carbocycles. The maximum atomic E-state index is 5.66. The Morgan fingerprint density at radius 2 is 1.57 bits per heavy atom. The summed E-state index contributed by atoms with van der Waals surface area (Å²) in [5.41, 5.74) is 4.83. The third kappa shape index (κ3) is 3.71. The van der Waals surface area contributed by atoms with Gasteiger partial charge >= 0.3 is 0 Å². The molecule has 0 aliphatic rings. The van der Waals surface area contributed by atoms with E-state index in [1.54, 1.807) is 20.7 Å². The van der Waals surface area contributed by atoms with Crippen LogP contribution in [0.3, 0.4) is 0 Å². The highest BCUT2D eigenvalue weighted by molar-refractivity contribution is 7.80. The van der Waals surface area contributed by atoms with Crippen molar-refractivity contribution in [2.24, 2.45) is 0 Å². The molecule has 3 rings (SSSR count). The molecule has 0 aliphatic heterocycles. The van der Waals surface area contributed by atoms with Gasteiger partial charge in [-0.25, -0.2) is 0 Å². The highest BCUT2D eigenvalue weighted by Crippen LogP contribution is 2.41. The van der Waals surface area contributed by atoms with E-state index in [4.69, 9.17) is 17.0 Å². The molecule has 4 heteroatoms. The predicted molar refractivity (Wildman–Crippen MR) is 104 cm³/mol. The first kappa shape index (κ1) is 16.4. The van der Waals surface area contributed by atoms with Crippen molar-refractivity contribution in [3.05, 3.63) is 57.9 Å². The fourth-order valence-electron chi connectivity index (χ4n) is 2.34. The molecule has 1 nitrogen and oxygen atoms in total. The van der Waals surface area contributed by atoms with Crippen molar-refractivity contribution in [3.8, 4) is 27.3 Å². The minimum absolute atomic E-state index is 0.751. The van der Waals surface area contributed by atoms with Crippen LogP contribution in [0.1, 0.15) is 18.9 Å². The second-order valence-electron chi connectivity index (χ2n) is 5.40. The zero-order chi connectivity index (χ0) is 16.2. The van der Waals surface area contributed by atoms with Crippen LogP contribution in [0.15, 0.2) is 48.5 Å². The number of benzene rings is 2. The molecule has 0 spiro atoms. The summed E-state index contributed by atoms with van der Waals surface area (Å²) in [4.78, 5) is 1.25. The molecule has 0 amide bonds. The largest absolute Gasteiger partial charge is 0.494 e. The summed E-state index contributed by atoms with van der Waals surface area (Å²) in [6.07, 6.45) is 1.02. The van der Waals surface area contributed by atoms with Crippen molar-refractivity contribution in [2.75, 3.05) is 6.61 Å². The number of hydrogen-bond donors (Lipinski definition) is 0. The van der Waals surface area contributed by atoms with E-state index in [1.807, 2.05) is 12.1 Å². The van der Waals surface area contributed by atoms with E-state index < -0.39 is 0 Å². The first-order chi connectivity index (χ1) is 11.2. The molecule has 1 heterocycles. The van der Waals surface area contributed by atoms with E-state index >= 15 is 0 Å². The lowest BCUT2D eigenvalue weighted by atomic mass is 10.0. The molecule has 0 atom stereocenters. The number of rotatable bonds is 5. The van der Waals surface area contributed by atoms with Crippen LogP contribution in [0.4, 0.5) is 0 Å². The van der Waals surface area contributed by atoms with E-state index in [1.165, 1.54) is 21.6 Å². The Morgan fingerprint density at radius 1 is 0.913 bits per heavy atom. The maximum Gasteiger partial charge on any atom is 0.119 e. The van der Waals surface area contributed by atoms with Gasteiger partial charge in [-0.3, -0.25) is 0 Å². The Bertz CT molecular complexity index is 826. The van der Waals surface area contributed by atoms with Crippen molar-refractivity contribution >= 4 is 32.9 Å². The van der Waals surface area contributed by atoms with Gasteiger partial charge in [-0.15, -0.1) is 0 Å². The van der Waals surface area contributed by atoms with E-state index in [0.717, 1.165) is 28.2 Å². The Morgan fingerprint density at radius 3 is 2.22 bits per heavy atom. The van der Waals surface area contributed by atoms with Gasteiger partial charge in [0, 0.05) is 5.56 Å². The minimum atomic E-state index is 0.751. The molecule has 1 aromatic heterocycles. The van der Waals surface area contributed by atoms with Crippen LogP contribution in [0, 0.1) is 10.7 Å². The first-order valence-corrected chi connectivity index (χ1v) is 10.2. The summed E-state index contributed by atoms with van der Waals surface area (Å²) in [7, 11) is 3.42. The average molecular weight is 359 g/mol. The van der Waals surface area contributed by atoms with Crippen LogP contribution in [0.2, 0.25) is 0 Å². The molecular weight excluding hydrogens is 340 g/mol. The molecule has 0 radical (unpaired) electrons. The summed E-state index contributed by atoms with van der Waals surface area (Å²) >= 11 is 5.58. The molecule has 0 unspecified atom stereocenters. The SMILES string of the molecule is CCCOc1ccc(-c2c(-c3ccc(C)cc3)ssc2=S)cc1. The second kappa shape index (κ2) is 7.39. The van der Waals surface area contributed by atoms with Crippen molar-refractivity contribution in [3.63, 3.8) is 0 Å². The van der Waals surface area contributed by atoms with Gasteiger partial charge in [-0.05, 0) is 36.6 Å². The molecule has 0 saturated heterocycles. The highest BCUT2D eigenvalue weighted by Gasteiger charge is 2.13. The smallest absolute Gasteiger partial charge is 0.119 e. The maximum absolute atomic E-state index is 5.66. The van der Waals surface area contributed by atoms with E-state index in [0.29, 0.717) is 0 Å². The summed E-state index contributed by atoms with van der Waals surface area (Å²) in [5.74, 6) is 0.914. The third-order valence-corrected chi connectivity index (χ3v) is 6.63. The van der Waals surface area contributed by atoms with Gasteiger partial charge in [0.05, 0.1) is 11.5 Å². The van der Waals surface area contributed by atoms with Crippen molar-refractivity contribution in [1.29, 1.82) is 0 Å². The lowest BCUT2D eigenvalue weighted by Crippen LogP contribution is -1.94. The van der Waals surface area contributed by atoms with Gasteiger partial charge in [-0.1, -0.05) is 81.8 Å². The van der Waals surface area contributed by atoms with Crippen LogP contribution in [0.5, 0.6) is 5.75 Å². The summed E-state index contributed by atoms with van der Waals surface area (Å²) in [5, 5.41) is 0. The molecule has 0 N–H and O–H groups in total. The minimum Gasteiger partial charge on any atom is -0.494 e. The fourth-order valence-corrected chi connectivity index (χ4v) is 5.26. The lowest BCUT2D eigenvalue weighted by molar-refractivity contribution is 0.317. The molecule has 0 saturated carbocycles. The van der Waals surface area contributed by atoms with Gasteiger partial charge in [-0.2, -0.15) is 0 Å². The monoisotopic (exact) mass is 358 g/mol. The zero-order valence-electron chi connectivity index (χ0n) is 13.2. The van der Waals surface area contributed by atoms with Crippen LogP contribution >= 0.6 is 32.9 Å². The fraction of sp³-hybridized carbons (Fsp3) is 0.211. The summed E-state index contributed by atoms with van der Waals surface area (Å²) in [6.45, 7) is 4.97. The highest BCUT2D eigenvalue weighted by atomic mass is 32.9. The number of hydrogen-bond acceptors (Lipinski definition) is 4. The Balaban J connectivity index is 1.98. The standard InChI is InChI=1S/C19H18OS3/c1-3-12-20-16-10-8-14(9-11-16)17-18(22-23-19(17)21)15-6-4-13(2)5-7-15/h4-11H,3,12H2,1-2H3. The van der Waals surface area contributed by atoms with Crippen molar-refractivity contribution in [2.45, 2.75) is 20.3 Å². The average Bonchev–Trinajstić information content (AvgIpc) is 2.96. The lowest BCUT2D eigenvalue weighted by Gasteiger charge is -2.07. The summed E-state index contributed by atoms with van der Waals surface area (Å²) < 4.78 is 6.62. The quantitative estimate of drug-likeness (QED) is 0.360. The van der Waals surface area contributed by atoms with Crippen molar-refractivity contribution < 1.29 is 4.74 Å². The van der Waals surface area contributed by atoms with Crippen LogP contribution in [-0.4, -0.2) is 6.61 Å². The van der Waals surface area contributed by atoms with Gasteiger partial charge in [0.1, 0.15) is 9.57 Å². The molecular formula is C19H18OS3. The molecule has 0 fully saturated rings. The Hall–Kier alpha value is -1.49. The molecule has 0 aliphatic carbocycles. The molecule has 3 aromatic rings. The number of ether oxygens (including phenoxy) is 1. The van der Waals surface area contributed by atoms with E-state index in [2.05, 4.69) is 50.2 Å². The zero-order valence-corrected chi connectivity index (χ0v) is 15.6. The number of aryl methyl sites for hydroxylation is 1. The Labute approximate surface area is 149 Å². The normalized spacial score (nSPS) is 10.7. The van der Waals surface area contributed by atoms with Crippen molar-refractivity contribution in [1.82, 2.24) is 0 Å². The predicted octanol–water partition coefficient (Wildman–Crippen LogP) is 6.97. The molecule has 0 bridgehead atoms. The van der Waals surface area contributed by atoms with Gasteiger partial charge in [0.15, 0.2) is 0 Å².